The van der Waals surface area contributed by atoms with Crippen LogP contribution >= 0.6 is 0 Å². The van der Waals surface area contributed by atoms with E-state index < -0.39 is 12.7 Å². The quantitative estimate of drug-likeness (QED) is 0.836. The number of piperazine rings is 1. The summed E-state index contributed by atoms with van der Waals surface area (Å²) in [6, 6.07) is 0.0816. The van der Waals surface area contributed by atoms with Gasteiger partial charge in [-0.2, -0.15) is 13.2 Å². The topological polar surface area (TPSA) is 15.3 Å². The highest BCUT2D eigenvalue weighted by molar-refractivity contribution is 5.02. The molecular weight excluding hydrogens is 277 g/mol. The monoisotopic (exact) mass is 304 g/mol. The summed E-state index contributed by atoms with van der Waals surface area (Å²) < 4.78 is 39.0. The fraction of sp³-hybridized carbons (Fsp3) is 1.00. The predicted molar refractivity (Wildman–Crippen MR) is 77.2 cm³/mol. The molecule has 1 unspecified atom stereocenters. The van der Waals surface area contributed by atoms with Gasteiger partial charge in [0.05, 0.1) is 6.54 Å². The van der Waals surface area contributed by atoms with Crippen molar-refractivity contribution in [2.75, 3.05) is 19.6 Å². The van der Waals surface area contributed by atoms with Gasteiger partial charge in [0, 0.05) is 24.7 Å². The van der Waals surface area contributed by atoms with E-state index in [2.05, 4.69) is 5.32 Å². The Balaban J connectivity index is 1.71. The zero-order chi connectivity index (χ0) is 14.9. The largest absolute Gasteiger partial charge is 0.401 e. The van der Waals surface area contributed by atoms with E-state index in [1.807, 2.05) is 0 Å². The lowest BCUT2D eigenvalue weighted by molar-refractivity contribution is -0.160. The first-order chi connectivity index (χ1) is 9.98. The molecular formula is C16H27F3N2. The van der Waals surface area contributed by atoms with Gasteiger partial charge in [0.25, 0.3) is 0 Å². The van der Waals surface area contributed by atoms with Crippen LogP contribution < -0.4 is 5.32 Å². The number of nitrogens with zero attached hydrogens (tertiary/aromatic N) is 1. The molecule has 1 atom stereocenters. The van der Waals surface area contributed by atoms with Gasteiger partial charge in [-0.1, -0.05) is 32.1 Å². The lowest BCUT2D eigenvalue weighted by atomic mass is 9.80. The van der Waals surface area contributed by atoms with Crippen LogP contribution in [0.2, 0.25) is 0 Å². The van der Waals surface area contributed by atoms with E-state index in [4.69, 9.17) is 0 Å². The molecule has 0 radical (unpaired) electrons. The molecule has 0 aromatic heterocycles. The van der Waals surface area contributed by atoms with Crippen molar-refractivity contribution < 1.29 is 13.2 Å². The van der Waals surface area contributed by atoms with Crippen LogP contribution in [0.1, 0.15) is 57.8 Å². The molecule has 1 spiro atoms. The Labute approximate surface area is 125 Å². The lowest BCUT2D eigenvalue weighted by Gasteiger charge is -2.49. The SMILES string of the molecule is FC(F)(F)CN1CC2(CCCC2)NCC1C1CCCCC1. The second kappa shape index (κ2) is 6.07. The summed E-state index contributed by atoms with van der Waals surface area (Å²) in [7, 11) is 0. The molecule has 1 saturated heterocycles. The molecule has 21 heavy (non-hydrogen) atoms. The number of halogens is 3. The molecule has 3 fully saturated rings. The second-order valence-electron chi connectivity index (χ2n) is 7.35. The van der Waals surface area contributed by atoms with Crippen LogP contribution in [0.4, 0.5) is 13.2 Å². The molecule has 3 aliphatic rings. The van der Waals surface area contributed by atoms with Gasteiger partial charge in [0.15, 0.2) is 0 Å². The van der Waals surface area contributed by atoms with Gasteiger partial charge in [0.1, 0.15) is 0 Å². The van der Waals surface area contributed by atoms with Gasteiger partial charge >= 0.3 is 6.18 Å². The molecule has 1 heterocycles. The zero-order valence-electron chi connectivity index (χ0n) is 12.7. The van der Waals surface area contributed by atoms with Crippen molar-refractivity contribution in [3.8, 4) is 0 Å². The van der Waals surface area contributed by atoms with E-state index in [1.54, 1.807) is 4.90 Å². The first-order valence-corrected chi connectivity index (χ1v) is 8.53. The van der Waals surface area contributed by atoms with Crippen LogP contribution in [-0.4, -0.2) is 42.3 Å². The predicted octanol–water partition coefficient (Wildman–Crippen LogP) is 3.72. The molecule has 1 aliphatic heterocycles. The minimum absolute atomic E-state index is 0.0313. The van der Waals surface area contributed by atoms with E-state index in [0.29, 0.717) is 12.5 Å². The second-order valence-corrected chi connectivity index (χ2v) is 7.35. The zero-order valence-corrected chi connectivity index (χ0v) is 12.7. The van der Waals surface area contributed by atoms with E-state index in [1.165, 1.54) is 19.3 Å². The molecule has 3 rings (SSSR count). The van der Waals surface area contributed by atoms with Gasteiger partial charge in [-0.15, -0.1) is 0 Å². The summed E-state index contributed by atoms with van der Waals surface area (Å²) in [6.07, 6.45) is 6.14. The van der Waals surface area contributed by atoms with Crippen LogP contribution in [-0.2, 0) is 0 Å². The molecule has 2 aliphatic carbocycles. The number of rotatable bonds is 2. The Morgan fingerprint density at radius 3 is 2.29 bits per heavy atom. The first kappa shape index (κ1) is 15.6. The summed E-state index contributed by atoms with van der Waals surface area (Å²) in [6.45, 7) is 0.617. The van der Waals surface area contributed by atoms with E-state index in [-0.39, 0.29) is 11.6 Å². The Kier molecular flexibility index (Phi) is 4.51. The summed E-state index contributed by atoms with van der Waals surface area (Å²) >= 11 is 0. The third-order valence-electron chi connectivity index (χ3n) is 5.80. The molecule has 0 bridgehead atoms. The highest BCUT2D eigenvalue weighted by Gasteiger charge is 2.46. The summed E-state index contributed by atoms with van der Waals surface area (Å²) in [5.41, 5.74) is -0.0313. The molecule has 2 saturated carbocycles. The third kappa shape index (κ3) is 3.73. The van der Waals surface area contributed by atoms with Crippen molar-refractivity contribution in [3.63, 3.8) is 0 Å². The van der Waals surface area contributed by atoms with Crippen molar-refractivity contribution in [1.82, 2.24) is 10.2 Å². The minimum atomic E-state index is -4.08. The highest BCUT2D eigenvalue weighted by Crippen LogP contribution is 2.38. The van der Waals surface area contributed by atoms with Gasteiger partial charge in [0.2, 0.25) is 0 Å². The molecule has 0 amide bonds. The maximum Gasteiger partial charge on any atom is 0.401 e. The summed E-state index contributed by atoms with van der Waals surface area (Å²) in [4.78, 5) is 1.78. The van der Waals surface area contributed by atoms with Gasteiger partial charge < -0.3 is 5.32 Å². The molecule has 5 heteroatoms. The summed E-state index contributed by atoms with van der Waals surface area (Å²) in [5.74, 6) is 0.451. The minimum Gasteiger partial charge on any atom is -0.308 e. The van der Waals surface area contributed by atoms with Crippen LogP contribution in [0.15, 0.2) is 0 Å². The average molecular weight is 304 g/mol. The van der Waals surface area contributed by atoms with Gasteiger partial charge in [-0.05, 0) is 31.6 Å². The average Bonchev–Trinajstić information content (AvgIpc) is 2.86. The smallest absolute Gasteiger partial charge is 0.308 e. The van der Waals surface area contributed by atoms with Crippen LogP contribution in [0.25, 0.3) is 0 Å². The Morgan fingerprint density at radius 1 is 1.00 bits per heavy atom. The Hall–Kier alpha value is -0.290. The highest BCUT2D eigenvalue weighted by atomic mass is 19.4. The fourth-order valence-electron chi connectivity index (χ4n) is 4.79. The van der Waals surface area contributed by atoms with Crippen molar-refractivity contribution >= 4 is 0 Å². The standard InChI is InChI=1S/C16H27F3N2/c17-16(18,19)12-21-11-15(8-4-5-9-15)20-10-14(21)13-6-2-1-3-7-13/h13-14,20H,1-12H2. The van der Waals surface area contributed by atoms with Crippen molar-refractivity contribution in [3.05, 3.63) is 0 Å². The van der Waals surface area contributed by atoms with E-state index >= 15 is 0 Å². The number of hydrogen-bond donors (Lipinski definition) is 1. The molecule has 0 aromatic carbocycles. The molecule has 1 N–H and O–H groups in total. The number of alkyl halides is 3. The maximum atomic E-state index is 13.0. The van der Waals surface area contributed by atoms with Crippen molar-refractivity contribution in [2.24, 2.45) is 5.92 Å². The van der Waals surface area contributed by atoms with Gasteiger partial charge in [-0.3, -0.25) is 4.90 Å². The Bertz CT molecular complexity index is 344. The van der Waals surface area contributed by atoms with E-state index in [9.17, 15) is 13.2 Å². The third-order valence-corrected chi connectivity index (χ3v) is 5.80. The Morgan fingerprint density at radius 2 is 1.67 bits per heavy atom. The normalized spacial score (nSPS) is 31.9. The lowest BCUT2D eigenvalue weighted by Crippen LogP contribution is -2.66. The van der Waals surface area contributed by atoms with Crippen molar-refractivity contribution in [1.29, 1.82) is 0 Å². The molecule has 122 valence electrons. The molecule has 0 aromatic rings. The number of hydrogen-bond acceptors (Lipinski definition) is 2. The fourth-order valence-corrected chi connectivity index (χ4v) is 4.79. The van der Waals surface area contributed by atoms with Crippen LogP contribution in [0.5, 0.6) is 0 Å². The molecule has 2 nitrogen and oxygen atoms in total. The van der Waals surface area contributed by atoms with Crippen LogP contribution in [0, 0.1) is 5.92 Å². The van der Waals surface area contributed by atoms with Crippen molar-refractivity contribution in [2.45, 2.75) is 75.5 Å². The maximum absolute atomic E-state index is 13.0. The van der Waals surface area contributed by atoms with Gasteiger partial charge in [-0.25, -0.2) is 0 Å². The summed E-state index contributed by atoms with van der Waals surface area (Å²) in [5, 5.41) is 3.65. The van der Waals surface area contributed by atoms with E-state index in [0.717, 1.165) is 45.1 Å². The number of nitrogens with one attached hydrogen (secondary N) is 1. The van der Waals surface area contributed by atoms with Crippen LogP contribution in [0.3, 0.4) is 0 Å². The first-order valence-electron chi connectivity index (χ1n) is 8.53.